The number of hydrogen-bond acceptors (Lipinski definition) is 3. The van der Waals surface area contributed by atoms with Crippen LogP contribution in [0, 0.1) is 16.7 Å². The molecule has 3 heteroatoms. The molecule has 0 amide bonds. The molecule has 0 spiro atoms. The Kier molecular flexibility index (Phi) is 3.35. The normalized spacial score (nSPS) is 18.2. The molecule has 0 saturated carbocycles. The van der Waals surface area contributed by atoms with Crippen LogP contribution in [-0.2, 0) is 6.54 Å². The molecule has 1 fully saturated rings. The van der Waals surface area contributed by atoms with Crippen molar-refractivity contribution in [2.24, 2.45) is 5.41 Å². The van der Waals surface area contributed by atoms with Gasteiger partial charge in [0.05, 0.1) is 18.6 Å². The number of methoxy groups -OCH3 is 1. The standard InChI is InChI=1S/C14H18N2O/c1-3-14(9-15)10-16(11-14)8-12-4-6-13(17-2)7-5-12/h4-7H,3,8,10-11H2,1-2H3. The van der Waals surface area contributed by atoms with Crippen molar-refractivity contribution >= 4 is 0 Å². The van der Waals surface area contributed by atoms with E-state index in [-0.39, 0.29) is 5.41 Å². The molecule has 1 aliphatic heterocycles. The molecule has 1 heterocycles. The molecule has 0 aromatic heterocycles. The number of likely N-dealkylation sites (tertiary alicyclic amines) is 1. The Labute approximate surface area is 103 Å². The van der Waals surface area contributed by atoms with Gasteiger partial charge in [-0.1, -0.05) is 19.1 Å². The van der Waals surface area contributed by atoms with Crippen LogP contribution in [-0.4, -0.2) is 25.1 Å². The fourth-order valence-corrected chi connectivity index (χ4v) is 2.28. The van der Waals surface area contributed by atoms with Gasteiger partial charge >= 0.3 is 0 Å². The second-order valence-corrected chi connectivity index (χ2v) is 4.74. The molecular weight excluding hydrogens is 212 g/mol. The van der Waals surface area contributed by atoms with Gasteiger partial charge in [-0.2, -0.15) is 5.26 Å². The summed E-state index contributed by atoms with van der Waals surface area (Å²) in [5.41, 5.74) is 1.18. The highest BCUT2D eigenvalue weighted by atomic mass is 16.5. The van der Waals surface area contributed by atoms with Crippen LogP contribution in [0.15, 0.2) is 24.3 Å². The number of ether oxygens (including phenoxy) is 1. The minimum Gasteiger partial charge on any atom is -0.497 e. The first-order valence-electron chi connectivity index (χ1n) is 5.98. The average molecular weight is 230 g/mol. The highest BCUT2D eigenvalue weighted by Crippen LogP contribution is 2.33. The van der Waals surface area contributed by atoms with Gasteiger partial charge in [0.25, 0.3) is 0 Å². The molecule has 1 saturated heterocycles. The summed E-state index contributed by atoms with van der Waals surface area (Å²) in [5, 5.41) is 9.10. The van der Waals surface area contributed by atoms with Gasteiger partial charge in [0, 0.05) is 19.6 Å². The monoisotopic (exact) mass is 230 g/mol. The summed E-state index contributed by atoms with van der Waals surface area (Å²) < 4.78 is 5.13. The molecule has 17 heavy (non-hydrogen) atoms. The lowest BCUT2D eigenvalue weighted by Gasteiger charge is -2.45. The van der Waals surface area contributed by atoms with Crippen molar-refractivity contribution < 1.29 is 4.74 Å². The summed E-state index contributed by atoms with van der Waals surface area (Å²) in [4.78, 5) is 2.31. The Balaban J connectivity index is 1.89. The van der Waals surface area contributed by atoms with Crippen molar-refractivity contribution in [2.45, 2.75) is 19.9 Å². The molecule has 1 aliphatic rings. The van der Waals surface area contributed by atoms with Gasteiger partial charge in [0.2, 0.25) is 0 Å². The lowest BCUT2D eigenvalue weighted by molar-refractivity contribution is 0.0358. The maximum Gasteiger partial charge on any atom is 0.118 e. The van der Waals surface area contributed by atoms with Crippen molar-refractivity contribution in [1.29, 1.82) is 5.26 Å². The van der Waals surface area contributed by atoms with Gasteiger partial charge in [-0.25, -0.2) is 0 Å². The molecule has 1 aromatic carbocycles. The Morgan fingerprint density at radius 2 is 2.00 bits per heavy atom. The van der Waals surface area contributed by atoms with Gasteiger partial charge in [0.1, 0.15) is 5.75 Å². The van der Waals surface area contributed by atoms with E-state index in [1.807, 2.05) is 12.1 Å². The molecule has 0 radical (unpaired) electrons. The Morgan fingerprint density at radius 1 is 1.35 bits per heavy atom. The van der Waals surface area contributed by atoms with E-state index in [1.165, 1.54) is 5.56 Å². The Hall–Kier alpha value is -1.53. The first-order valence-corrected chi connectivity index (χ1v) is 5.98. The lowest BCUT2D eigenvalue weighted by Crippen LogP contribution is -2.54. The van der Waals surface area contributed by atoms with Gasteiger partial charge in [-0.05, 0) is 24.1 Å². The Bertz CT molecular complexity index is 413. The molecule has 1 aromatic rings. The zero-order chi connectivity index (χ0) is 12.3. The molecule has 0 aliphatic carbocycles. The molecule has 3 nitrogen and oxygen atoms in total. The first kappa shape index (κ1) is 11.9. The van der Waals surface area contributed by atoms with E-state index >= 15 is 0 Å². The SMILES string of the molecule is CCC1(C#N)CN(Cc2ccc(OC)cc2)C1. The zero-order valence-electron chi connectivity index (χ0n) is 10.4. The van der Waals surface area contributed by atoms with E-state index in [0.29, 0.717) is 0 Å². The largest absolute Gasteiger partial charge is 0.497 e. The predicted octanol–water partition coefficient (Wildman–Crippen LogP) is 2.43. The van der Waals surface area contributed by atoms with Crippen molar-refractivity contribution in [3.63, 3.8) is 0 Å². The summed E-state index contributed by atoms with van der Waals surface area (Å²) in [6.45, 7) is 4.80. The smallest absolute Gasteiger partial charge is 0.118 e. The summed E-state index contributed by atoms with van der Waals surface area (Å²) in [5.74, 6) is 0.886. The molecule has 2 rings (SSSR count). The van der Waals surface area contributed by atoms with E-state index in [9.17, 15) is 0 Å². The Morgan fingerprint density at radius 3 is 2.47 bits per heavy atom. The average Bonchev–Trinajstić information content (AvgIpc) is 2.34. The van der Waals surface area contributed by atoms with E-state index in [4.69, 9.17) is 10.00 Å². The number of benzene rings is 1. The van der Waals surface area contributed by atoms with E-state index in [1.54, 1.807) is 7.11 Å². The molecule has 90 valence electrons. The van der Waals surface area contributed by atoms with Crippen LogP contribution in [0.5, 0.6) is 5.75 Å². The fourth-order valence-electron chi connectivity index (χ4n) is 2.28. The minimum absolute atomic E-state index is 0.0908. The molecule has 0 atom stereocenters. The quantitative estimate of drug-likeness (QED) is 0.797. The maximum atomic E-state index is 9.10. The molecular formula is C14H18N2O. The van der Waals surface area contributed by atoms with Gasteiger partial charge in [-0.3, -0.25) is 4.90 Å². The second-order valence-electron chi connectivity index (χ2n) is 4.74. The molecule has 0 unspecified atom stereocenters. The number of nitriles is 1. The fraction of sp³-hybridized carbons (Fsp3) is 0.500. The van der Waals surface area contributed by atoms with Crippen LogP contribution in [0.4, 0.5) is 0 Å². The van der Waals surface area contributed by atoms with Crippen LogP contribution < -0.4 is 4.74 Å². The summed E-state index contributed by atoms with van der Waals surface area (Å²) in [6, 6.07) is 10.6. The molecule has 0 bridgehead atoms. The van der Waals surface area contributed by atoms with Gasteiger partial charge in [-0.15, -0.1) is 0 Å². The minimum atomic E-state index is -0.0908. The van der Waals surface area contributed by atoms with Gasteiger partial charge in [0.15, 0.2) is 0 Å². The van der Waals surface area contributed by atoms with Gasteiger partial charge < -0.3 is 4.74 Å². The van der Waals surface area contributed by atoms with Crippen LogP contribution in [0.2, 0.25) is 0 Å². The molecule has 0 N–H and O–H groups in total. The third kappa shape index (κ3) is 2.42. The predicted molar refractivity (Wildman–Crippen MR) is 66.6 cm³/mol. The number of hydrogen-bond donors (Lipinski definition) is 0. The lowest BCUT2D eigenvalue weighted by atomic mass is 9.79. The highest BCUT2D eigenvalue weighted by Gasteiger charge is 2.41. The second kappa shape index (κ2) is 4.77. The first-order chi connectivity index (χ1) is 8.21. The van der Waals surface area contributed by atoms with Crippen molar-refractivity contribution in [2.75, 3.05) is 20.2 Å². The van der Waals surface area contributed by atoms with Crippen molar-refractivity contribution in [3.05, 3.63) is 29.8 Å². The van der Waals surface area contributed by atoms with Crippen molar-refractivity contribution in [3.8, 4) is 11.8 Å². The van der Waals surface area contributed by atoms with Crippen LogP contribution in [0.1, 0.15) is 18.9 Å². The van der Waals surface area contributed by atoms with Crippen LogP contribution in [0.25, 0.3) is 0 Å². The summed E-state index contributed by atoms with van der Waals surface area (Å²) in [7, 11) is 1.67. The summed E-state index contributed by atoms with van der Waals surface area (Å²) >= 11 is 0. The van der Waals surface area contributed by atoms with Crippen LogP contribution >= 0.6 is 0 Å². The van der Waals surface area contributed by atoms with E-state index in [0.717, 1.165) is 31.8 Å². The maximum absolute atomic E-state index is 9.10. The zero-order valence-corrected chi connectivity index (χ0v) is 10.4. The number of nitrogens with zero attached hydrogens (tertiary/aromatic N) is 2. The van der Waals surface area contributed by atoms with E-state index < -0.39 is 0 Å². The highest BCUT2D eigenvalue weighted by molar-refractivity contribution is 5.27. The third-order valence-electron chi connectivity index (χ3n) is 3.53. The van der Waals surface area contributed by atoms with E-state index in [2.05, 4.69) is 30.0 Å². The summed E-state index contributed by atoms with van der Waals surface area (Å²) in [6.07, 6.45) is 0.947. The van der Waals surface area contributed by atoms with Crippen molar-refractivity contribution in [1.82, 2.24) is 4.90 Å². The topological polar surface area (TPSA) is 36.3 Å². The van der Waals surface area contributed by atoms with Crippen LogP contribution in [0.3, 0.4) is 0 Å². The third-order valence-corrected chi connectivity index (χ3v) is 3.53. The number of rotatable bonds is 4.